The molecule has 0 radical (unpaired) electrons. The van der Waals surface area contributed by atoms with Gasteiger partial charge in [-0.2, -0.15) is 0 Å². The SMILES string of the molecule is CC1CC(C)(C)c2sc(SCC(=O)O)nc21. The van der Waals surface area contributed by atoms with Crippen molar-refractivity contribution in [1.29, 1.82) is 0 Å². The summed E-state index contributed by atoms with van der Waals surface area (Å²) in [5.74, 6) is -0.186. The zero-order chi connectivity index (χ0) is 11.9. The van der Waals surface area contributed by atoms with Gasteiger partial charge in [0.2, 0.25) is 0 Å². The van der Waals surface area contributed by atoms with E-state index in [0.717, 1.165) is 10.8 Å². The highest BCUT2D eigenvalue weighted by atomic mass is 32.2. The third kappa shape index (κ3) is 2.11. The zero-order valence-corrected chi connectivity index (χ0v) is 11.2. The summed E-state index contributed by atoms with van der Waals surface area (Å²) in [4.78, 5) is 16.4. The molecule has 1 aliphatic rings. The quantitative estimate of drug-likeness (QED) is 0.845. The highest BCUT2D eigenvalue weighted by Crippen LogP contribution is 2.49. The maximum atomic E-state index is 10.5. The summed E-state index contributed by atoms with van der Waals surface area (Å²) in [6.45, 7) is 6.66. The summed E-state index contributed by atoms with van der Waals surface area (Å²) >= 11 is 2.99. The first kappa shape index (κ1) is 11.9. The number of carbonyl (C=O) groups is 1. The van der Waals surface area contributed by atoms with E-state index in [9.17, 15) is 4.79 Å². The Kier molecular flexibility index (Phi) is 3.01. The summed E-state index contributed by atoms with van der Waals surface area (Å²) in [5, 5.41) is 8.63. The molecule has 0 spiro atoms. The number of nitrogens with zero attached hydrogens (tertiary/aromatic N) is 1. The Hall–Kier alpha value is -0.550. The van der Waals surface area contributed by atoms with Crippen molar-refractivity contribution in [2.75, 3.05) is 5.75 Å². The van der Waals surface area contributed by atoms with Crippen LogP contribution in [-0.4, -0.2) is 21.8 Å². The molecule has 0 saturated heterocycles. The van der Waals surface area contributed by atoms with Gasteiger partial charge < -0.3 is 5.11 Å². The average molecular weight is 257 g/mol. The molecule has 5 heteroatoms. The minimum absolute atomic E-state index is 0.0984. The first-order valence-corrected chi connectivity index (χ1v) is 7.06. The van der Waals surface area contributed by atoms with Gasteiger partial charge in [0, 0.05) is 16.2 Å². The maximum Gasteiger partial charge on any atom is 0.313 e. The van der Waals surface area contributed by atoms with E-state index in [1.165, 1.54) is 22.3 Å². The lowest BCUT2D eigenvalue weighted by Gasteiger charge is -2.16. The first-order valence-electron chi connectivity index (χ1n) is 5.26. The van der Waals surface area contributed by atoms with E-state index in [1.54, 1.807) is 11.3 Å². The van der Waals surface area contributed by atoms with E-state index in [1.807, 2.05) is 0 Å². The smallest absolute Gasteiger partial charge is 0.313 e. The van der Waals surface area contributed by atoms with E-state index >= 15 is 0 Å². The molecular weight excluding hydrogens is 242 g/mol. The molecule has 0 aliphatic heterocycles. The second kappa shape index (κ2) is 4.04. The molecule has 1 N–H and O–H groups in total. The number of aromatic nitrogens is 1. The van der Waals surface area contributed by atoms with Crippen LogP contribution in [-0.2, 0) is 10.2 Å². The molecule has 1 aliphatic carbocycles. The predicted molar refractivity (Wildman–Crippen MR) is 66.5 cm³/mol. The molecular formula is C11H15NO2S2. The van der Waals surface area contributed by atoms with Crippen molar-refractivity contribution in [3.05, 3.63) is 10.6 Å². The van der Waals surface area contributed by atoms with Crippen molar-refractivity contribution in [3.63, 3.8) is 0 Å². The van der Waals surface area contributed by atoms with Gasteiger partial charge in [0.25, 0.3) is 0 Å². The summed E-state index contributed by atoms with van der Waals surface area (Å²) in [6.07, 6.45) is 1.14. The number of fused-ring (bicyclic) bond motifs is 1. The minimum Gasteiger partial charge on any atom is -0.481 e. The molecule has 16 heavy (non-hydrogen) atoms. The van der Waals surface area contributed by atoms with Crippen LogP contribution in [0.25, 0.3) is 0 Å². The summed E-state index contributed by atoms with van der Waals surface area (Å²) in [5.41, 5.74) is 1.39. The molecule has 2 rings (SSSR count). The number of hydrogen-bond donors (Lipinski definition) is 1. The normalized spacial score (nSPS) is 22.1. The Bertz CT molecular complexity index is 426. The minimum atomic E-state index is -0.785. The molecule has 1 aromatic heterocycles. The predicted octanol–water partition coefficient (Wildman–Crippen LogP) is 3.10. The summed E-state index contributed by atoms with van der Waals surface area (Å²) < 4.78 is 0.895. The average Bonchev–Trinajstić information content (AvgIpc) is 2.65. The molecule has 0 bridgehead atoms. The number of aliphatic carboxylic acids is 1. The first-order chi connectivity index (χ1) is 7.40. The molecule has 1 atom stereocenters. The van der Waals surface area contributed by atoms with Gasteiger partial charge in [0.1, 0.15) is 0 Å². The topological polar surface area (TPSA) is 50.2 Å². The van der Waals surface area contributed by atoms with Crippen molar-refractivity contribution in [1.82, 2.24) is 4.98 Å². The molecule has 1 unspecified atom stereocenters. The molecule has 0 saturated carbocycles. The molecule has 1 heterocycles. The maximum absolute atomic E-state index is 10.5. The van der Waals surface area contributed by atoms with Crippen LogP contribution >= 0.6 is 23.1 Å². The largest absolute Gasteiger partial charge is 0.481 e. The third-order valence-electron chi connectivity index (χ3n) is 2.85. The third-order valence-corrected chi connectivity index (χ3v) is 5.42. The van der Waals surface area contributed by atoms with Gasteiger partial charge in [0.05, 0.1) is 11.4 Å². The number of carboxylic acids is 1. The lowest BCUT2D eigenvalue weighted by Crippen LogP contribution is -2.10. The molecule has 1 aromatic rings. The standard InChI is InChI=1S/C11H15NO2S2/c1-6-4-11(2,3)9-8(6)12-10(16-9)15-5-7(13)14/h6H,4-5H2,1-3H3,(H,13,14). The van der Waals surface area contributed by atoms with Crippen molar-refractivity contribution < 1.29 is 9.90 Å². The molecule has 0 fully saturated rings. The Balaban J connectivity index is 2.21. The molecule has 0 amide bonds. The van der Waals surface area contributed by atoms with Crippen LogP contribution in [0, 0.1) is 0 Å². The van der Waals surface area contributed by atoms with Crippen LogP contribution in [0.2, 0.25) is 0 Å². The lowest BCUT2D eigenvalue weighted by molar-refractivity contribution is -0.133. The Morgan fingerprint density at radius 2 is 2.38 bits per heavy atom. The van der Waals surface area contributed by atoms with Crippen molar-refractivity contribution >= 4 is 29.1 Å². The van der Waals surface area contributed by atoms with E-state index in [2.05, 4.69) is 25.8 Å². The monoisotopic (exact) mass is 257 g/mol. The van der Waals surface area contributed by atoms with Crippen LogP contribution in [0.4, 0.5) is 0 Å². The fourth-order valence-corrected chi connectivity index (χ4v) is 4.37. The van der Waals surface area contributed by atoms with Gasteiger partial charge in [-0.25, -0.2) is 4.98 Å². The number of hydrogen-bond acceptors (Lipinski definition) is 4. The van der Waals surface area contributed by atoms with Gasteiger partial charge in [-0.15, -0.1) is 11.3 Å². The van der Waals surface area contributed by atoms with Gasteiger partial charge in [0.15, 0.2) is 4.34 Å². The van der Waals surface area contributed by atoms with Crippen molar-refractivity contribution in [3.8, 4) is 0 Å². The zero-order valence-electron chi connectivity index (χ0n) is 9.61. The molecule has 3 nitrogen and oxygen atoms in total. The van der Waals surface area contributed by atoms with E-state index < -0.39 is 5.97 Å². The van der Waals surface area contributed by atoms with Crippen molar-refractivity contribution in [2.45, 2.75) is 42.9 Å². The number of thioether (sulfide) groups is 1. The number of thiazole rings is 1. The second-order valence-corrected chi connectivity index (χ2v) is 7.09. The van der Waals surface area contributed by atoms with Crippen LogP contribution in [0.3, 0.4) is 0 Å². The van der Waals surface area contributed by atoms with Crippen LogP contribution in [0.5, 0.6) is 0 Å². The summed E-state index contributed by atoms with van der Waals surface area (Å²) in [6, 6.07) is 0. The number of carboxylic acid groups (broad SMARTS) is 1. The second-order valence-electron chi connectivity index (χ2n) is 4.87. The Morgan fingerprint density at radius 3 is 2.94 bits per heavy atom. The highest BCUT2D eigenvalue weighted by Gasteiger charge is 2.38. The highest BCUT2D eigenvalue weighted by molar-refractivity contribution is 8.01. The molecule has 0 aromatic carbocycles. The molecule has 88 valence electrons. The van der Waals surface area contributed by atoms with Gasteiger partial charge in [-0.3, -0.25) is 4.79 Å². The fraction of sp³-hybridized carbons (Fsp3) is 0.636. The van der Waals surface area contributed by atoms with Gasteiger partial charge >= 0.3 is 5.97 Å². The van der Waals surface area contributed by atoms with E-state index in [0.29, 0.717) is 5.92 Å². The number of rotatable bonds is 3. The van der Waals surface area contributed by atoms with E-state index in [4.69, 9.17) is 5.11 Å². The Labute approximate surface area is 103 Å². The van der Waals surface area contributed by atoms with Crippen LogP contribution in [0.1, 0.15) is 43.7 Å². The van der Waals surface area contributed by atoms with Gasteiger partial charge in [-0.1, -0.05) is 32.5 Å². The van der Waals surface area contributed by atoms with Crippen LogP contribution in [0.15, 0.2) is 4.34 Å². The van der Waals surface area contributed by atoms with Crippen LogP contribution < -0.4 is 0 Å². The van der Waals surface area contributed by atoms with Crippen molar-refractivity contribution in [2.24, 2.45) is 0 Å². The fourth-order valence-electron chi connectivity index (χ4n) is 2.27. The lowest BCUT2D eigenvalue weighted by atomic mass is 9.91. The summed E-state index contributed by atoms with van der Waals surface area (Å²) in [7, 11) is 0. The van der Waals surface area contributed by atoms with E-state index in [-0.39, 0.29) is 11.2 Å². The Morgan fingerprint density at radius 1 is 1.69 bits per heavy atom. The van der Waals surface area contributed by atoms with Gasteiger partial charge in [-0.05, 0) is 6.42 Å².